The third kappa shape index (κ3) is 4.20. The lowest BCUT2D eigenvalue weighted by atomic mass is 9.94. The molecule has 0 aromatic heterocycles. The van der Waals surface area contributed by atoms with Crippen molar-refractivity contribution in [2.45, 2.75) is 33.6 Å². The maximum absolute atomic E-state index is 5.93. The van der Waals surface area contributed by atoms with Crippen LogP contribution in [0.5, 0.6) is 0 Å². The summed E-state index contributed by atoms with van der Waals surface area (Å²) in [4.78, 5) is 6.90. The van der Waals surface area contributed by atoms with Crippen LogP contribution in [-0.2, 0) is 0 Å². The maximum Gasteiger partial charge on any atom is 0.0991 e. The molecule has 0 radical (unpaired) electrons. The second kappa shape index (κ2) is 4.97. The Morgan fingerprint density at radius 3 is 2.33 bits per heavy atom. The highest BCUT2D eigenvalue weighted by Crippen LogP contribution is 2.18. The van der Waals surface area contributed by atoms with Crippen LogP contribution in [0.4, 0.5) is 0 Å². The van der Waals surface area contributed by atoms with Gasteiger partial charge in [-0.15, -0.1) is 0 Å². The first-order valence-corrected chi connectivity index (χ1v) is 5.88. The van der Waals surface area contributed by atoms with Gasteiger partial charge in [0.2, 0.25) is 0 Å². The first kappa shape index (κ1) is 12.5. The van der Waals surface area contributed by atoms with Crippen LogP contribution in [0.3, 0.4) is 0 Å². The number of piperidine rings is 1. The Morgan fingerprint density at radius 2 is 1.87 bits per heavy atom. The summed E-state index contributed by atoms with van der Waals surface area (Å²) in [6.45, 7) is 9.66. The van der Waals surface area contributed by atoms with Crippen LogP contribution >= 0.6 is 0 Å². The Hall–Kier alpha value is -0.570. The first-order chi connectivity index (χ1) is 6.89. The minimum absolute atomic E-state index is 0.0193. The number of hydrogen-bond acceptors (Lipinski definition) is 2. The highest BCUT2D eigenvalue weighted by atomic mass is 15.1. The van der Waals surface area contributed by atoms with Gasteiger partial charge in [0.25, 0.3) is 0 Å². The summed E-state index contributed by atoms with van der Waals surface area (Å²) in [5.41, 5.74) is 5.95. The molecule has 15 heavy (non-hydrogen) atoms. The molecule has 0 saturated carbocycles. The molecule has 0 bridgehead atoms. The van der Waals surface area contributed by atoms with E-state index in [1.165, 1.54) is 25.9 Å². The highest BCUT2D eigenvalue weighted by molar-refractivity contribution is 5.85. The summed E-state index contributed by atoms with van der Waals surface area (Å²) in [7, 11) is 2.18. The fourth-order valence-corrected chi connectivity index (χ4v) is 1.71. The number of nitrogens with two attached hydrogens (primary N) is 1. The molecule has 1 rings (SSSR count). The molecule has 0 atom stereocenters. The van der Waals surface area contributed by atoms with Gasteiger partial charge in [-0.1, -0.05) is 20.8 Å². The van der Waals surface area contributed by atoms with Crippen LogP contribution in [0, 0.1) is 11.3 Å². The maximum atomic E-state index is 5.93. The monoisotopic (exact) mass is 211 g/mol. The minimum Gasteiger partial charge on any atom is -0.387 e. The number of amidine groups is 1. The van der Waals surface area contributed by atoms with Crippen molar-refractivity contribution in [3.05, 3.63) is 0 Å². The Balaban J connectivity index is 2.37. The molecule has 2 N–H and O–H groups in total. The predicted molar refractivity (Wildman–Crippen MR) is 66.2 cm³/mol. The molecule has 0 aromatic carbocycles. The average molecular weight is 211 g/mol. The van der Waals surface area contributed by atoms with Gasteiger partial charge in [0.15, 0.2) is 0 Å². The fraction of sp³-hybridized carbons (Fsp3) is 0.917. The molecular weight excluding hydrogens is 186 g/mol. The van der Waals surface area contributed by atoms with Gasteiger partial charge in [-0.05, 0) is 38.9 Å². The van der Waals surface area contributed by atoms with E-state index in [4.69, 9.17) is 5.73 Å². The Bertz CT molecular complexity index is 220. The van der Waals surface area contributed by atoms with Gasteiger partial charge < -0.3 is 10.6 Å². The van der Waals surface area contributed by atoms with E-state index in [-0.39, 0.29) is 5.41 Å². The molecule has 0 unspecified atom stereocenters. The lowest BCUT2D eigenvalue weighted by Crippen LogP contribution is -2.33. The van der Waals surface area contributed by atoms with Crippen molar-refractivity contribution >= 4 is 5.84 Å². The number of aliphatic imine (C=N–C) groups is 1. The van der Waals surface area contributed by atoms with Crippen LogP contribution in [0.15, 0.2) is 4.99 Å². The molecule has 1 aliphatic heterocycles. The summed E-state index contributed by atoms with van der Waals surface area (Å²) in [5, 5.41) is 0. The van der Waals surface area contributed by atoms with E-state index in [0.29, 0.717) is 0 Å². The Labute approximate surface area is 93.7 Å². The van der Waals surface area contributed by atoms with Gasteiger partial charge >= 0.3 is 0 Å². The van der Waals surface area contributed by atoms with Crippen molar-refractivity contribution in [1.29, 1.82) is 0 Å². The van der Waals surface area contributed by atoms with Crippen LogP contribution in [0.2, 0.25) is 0 Å². The zero-order chi connectivity index (χ0) is 11.5. The van der Waals surface area contributed by atoms with Crippen molar-refractivity contribution < 1.29 is 0 Å². The molecular formula is C12H25N3. The lowest BCUT2D eigenvalue weighted by molar-refractivity contribution is 0.223. The van der Waals surface area contributed by atoms with Gasteiger partial charge in [0.1, 0.15) is 0 Å². The molecule has 3 heteroatoms. The van der Waals surface area contributed by atoms with Gasteiger partial charge in [0, 0.05) is 12.0 Å². The summed E-state index contributed by atoms with van der Waals surface area (Å²) in [6, 6.07) is 0. The van der Waals surface area contributed by atoms with E-state index >= 15 is 0 Å². The molecule has 0 aromatic rings. The lowest BCUT2D eigenvalue weighted by Gasteiger charge is -2.28. The van der Waals surface area contributed by atoms with E-state index in [0.717, 1.165) is 18.3 Å². The van der Waals surface area contributed by atoms with Crippen molar-refractivity contribution in [3.8, 4) is 0 Å². The summed E-state index contributed by atoms with van der Waals surface area (Å²) < 4.78 is 0. The van der Waals surface area contributed by atoms with Crippen molar-refractivity contribution in [2.24, 2.45) is 22.1 Å². The van der Waals surface area contributed by atoms with Gasteiger partial charge in [0.05, 0.1) is 5.84 Å². The number of hydrogen-bond donors (Lipinski definition) is 1. The molecule has 88 valence electrons. The molecule has 1 aliphatic rings. The molecule has 1 fully saturated rings. The van der Waals surface area contributed by atoms with Gasteiger partial charge in [-0.25, -0.2) is 0 Å². The SMILES string of the molecule is CN1CCC(CN=C(N)C(C)(C)C)CC1. The molecule has 0 aliphatic carbocycles. The normalized spacial score (nSPS) is 22.0. The van der Waals surface area contributed by atoms with E-state index in [2.05, 4.69) is 37.7 Å². The number of rotatable bonds is 2. The van der Waals surface area contributed by atoms with E-state index in [1.807, 2.05) is 0 Å². The fourth-order valence-electron chi connectivity index (χ4n) is 1.71. The van der Waals surface area contributed by atoms with Crippen molar-refractivity contribution in [2.75, 3.05) is 26.7 Å². The van der Waals surface area contributed by atoms with Crippen LogP contribution in [0.25, 0.3) is 0 Å². The molecule has 0 amide bonds. The van der Waals surface area contributed by atoms with Gasteiger partial charge in [-0.2, -0.15) is 0 Å². The largest absolute Gasteiger partial charge is 0.387 e. The quantitative estimate of drug-likeness (QED) is 0.558. The zero-order valence-electron chi connectivity index (χ0n) is 10.6. The summed E-state index contributed by atoms with van der Waals surface area (Å²) in [5.74, 6) is 1.53. The van der Waals surface area contributed by atoms with Crippen LogP contribution in [-0.4, -0.2) is 37.4 Å². The Morgan fingerprint density at radius 1 is 1.33 bits per heavy atom. The van der Waals surface area contributed by atoms with Crippen molar-refractivity contribution in [3.63, 3.8) is 0 Å². The minimum atomic E-state index is 0.0193. The number of nitrogens with zero attached hydrogens (tertiary/aromatic N) is 2. The molecule has 1 saturated heterocycles. The number of likely N-dealkylation sites (tertiary alicyclic amines) is 1. The summed E-state index contributed by atoms with van der Waals surface area (Å²) in [6.07, 6.45) is 2.52. The second-order valence-electron chi connectivity index (χ2n) is 5.72. The molecule has 3 nitrogen and oxygen atoms in total. The Kier molecular flexibility index (Phi) is 4.14. The van der Waals surface area contributed by atoms with Crippen molar-refractivity contribution in [1.82, 2.24) is 4.90 Å². The zero-order valence-corrected chi connectivity index (χ0v) is 10.6. The van der Waals surface area contributed by atoms with Crippen LogP contribution < -0.4 is 5.73 Å². The molecule has 0 spiro atoms. The van der Waals surface area contributed by atoms with E-state index in [1.54, 1.807) is 0 Å². The third-order valence-corrected chi connectivity index (χ3v) is 3.13. The third-order valence-electron chi connectivity index (χ3n) is 3.13. The topological polar surface area (TPSA) is 41.6 Å². The van der Waals surface area contributed by atoms with Gasteiger partial charge in [-0.3, -0.25) is 4.99 Å². The smallest absolute Gasteiger partial charge is 0.0991 e. The average Bonchev–Trinajstić information content (AvgIpc) is 2.15. The van der Waals surface area contributed by atoms with E-state index in [9.17, 15) is 0 Å². The second-order valence-corrected chi connectivity index (χ2v) is 5.72. The highest BCUT2D eigenvalue weighted by Gasteiger charge is 2.18. The predicted octanol–water partition coefficient (Wildman–Crippen LogP) is 1.73. The first-order valence-electron chi connectivity index (χ1n) is 5.88. The molecule has 1 heterocycles. The van der Waals surface area contributed by atoms with E-state index < -0.39 is 0 Å². The van der Waals surface area contributed by atoms with Crippen LogP contribution in [0.1, 0.15) is 33.6 Å². The standard InChI is InChI=1S/C12H25N3/c1-12(2,3)11(13)14-9-10-5-7-15(4)8-6-10/h10H,5-9H2,1-4H3,(H2,13,14). The summed E-state index contributed by atoms with van der Waals surface area (Å²) >= 11 is 0.